The number of benzene rings is 2. The van der Waals surface area contributed by atoms with Crippen molar-refractivity contribution in [1.82, 2.24) is 9.88 Å². The first-order valence-electron chi connectivity index (χ1n) is 11.6. The van der Waals surface area contributed by atoms with E-state index in [9.17, 15) is 13.2 Å². The van der Waals surface area contributed by atoms with E-state index in [2.05, 4.69) is 16.0 Å². The van der Waals surface area contributed by atoms with E-state index in [-0.39, 0.29) is 24.2 Å². The van der Waals surface area contributed by atoms with Gasteiger partial charge in [-0.05, 0) is 60.0 Å². The average Bonchev–Trinajstić information content (AvgIpc) is 2.84. The summed E-state index contributed by atoms with van der Waals surface area (Å²) in [7, 11) is -3.15. The summed E-state index contributed by atoms with van der Waals surface area (Å²) < 4.78 is 23.8. The number of pyridine rings is 1. The Labute approximate surface area is 216 Å². The van der Waals surface area contributed by atoms with E-state index < -0.39 is 9.84 Å². The number of nitriles is 1. The predicted octanol–water partition coefficient (Wildman–Crippen LogP) is 3.85. The van der Waals surface area contributed by atoms with Gasteiger partial charge < -0.3 is 4.90 Å². The van der Waals surface area contributed by atoms with Crippen LogP contribution in [0.15, 0.2) is 66.9 Å². The molecule has 36 heavy (non-hydrogen) atoms. The molecule has 0 radical (unpaired) electrons. The van der Waals surface area contributed by atoms with Crippen molar-refractivity contribution in [2.75, 3.05) is 30.0 Å². The lowest BCUT2D eigenvalue weighted by molar-refractivity contribution is -0.122. The Balaban J connectivity index is 1.52. The van der Waals surface area contributed by atoms with E-state index in [0.717, 1.165) is 16.8 Å². The highest BCUT2D eigenvalue weighted by molar-refractivity contribution is 7.90. The van der Waals surface area contributed by atoms with Gasteiger partial charge in [0.25, 0.3) is 0 Å². The molecule has 0 saturated carbocycles. The van der Waals surface area contributed by atoms with Crippen LogP contribution in [-0.4, -0.2) is 55.3 Å². The van der Waals surface area contributed by atoms with Gasteiger partial charge in [-0.25, -0.2) is 8.42 Å². The summed E-state index contributed by atoms with van der Waals surface area (Å²) in [5.74, 6) is -0.00815. The van der Waals surface area contributed by atoms with E-state index in [0.29, 0.717) is 42.2 Å². The fourth-order valence-corrected chi connectivity index (χ4v) is 5.27. The number of carbonyl (C=O) groups is 1. The third-order valence-electron chi connectivity index (χ3n) is 6.23. The molecule has 1 fully saturated rings. The molecule has 1 aliphatic heterocycles. The number of piperazine rings is 1. The molecular formula is C27H27ClN4O3S. The van der Waals surface area contributed by atoms with Crippen LogP contribution in [-0.2, 0) is 27.6 Å². The molecule has 2 heterocycles. The van der Waals surface area contributed by atoms with Crippen molar-refractivity contribution in [2.45, 2.75) is 25.4 Å². The zero-order valence-electron chi connectivity index (χ0n) is 20.0. The standard InChI is InChI=1S/C27H27ClN4O3S/c1-36(34,35)12-10-26-18-32(25-4-2-3-23(28)15-25)27(33)19-31(26)17-22-9-11-30-24(14-22)13-20-5-7-21(16-29)8-6-20/h2-9,11,14-15,26H,10,12-13,17-19H2,1H3. The van der Waals surface area contributed by atoms with Crippen molar-refractivity contribution in [3.63, 3.8) is 0 Å². The molecule has 2 aromatic carbocycles. The maximum atomic E-state index is 13.1. The maximum absolute atomic E-state index is 13.1. The van der Waals surface area contributed by atoms with Crippen LogP contribution >= 0.6 is 11.6 Å². The van der Waals surface area contributed by atoms with Crippen molar-refractivity contribution < 1.29 is 13.2 Å². The van der Waals surface area contributed by atoms with E-state index >= 15 is 0 Å². The van der Waals surface area contributed by atoms with Gasteiger partial charge in [0.05, 0.1) is 23.9 Å². The molecule has 1 saturated heterocycles. The number of nitrogens with zero attached hydrogens (tertiary/aromatic N) is 4. The summed E-state index contributed by atoms with van der Waals surface area (Å²) in [6.07, 6.45) is 4.03. The Morgan fingerprint density at radius 1 is 1.11 bits per heavy atom. The first-order valence-corrected chi connectivity index (χ1v) is 14.0. The maximum Gasteiger partial charge on any atom is 0.241 e. The fourth-order valence-electron chi connectivity index (χ4n) is 4.38. The van der Waals surface area contributed by atoms with Crippen LogP contribution in [0.2, 0.25) is 5.02 Å². The number of amides is 1. The zero-order chi connectivity index (χ0) is 25.7. The molecule has 9 heteroatoms. The quantitative estimate of drug-likeness (QED) is 0.446. The number of halogens is 1. The molecule has 3 aromatic rings. The van der Waals surface area contributed by atoms with Crippen LogP contribution in [0.3, 0.4) is 0 Å². The lowest BCUT2D eigenvalue weighted by Crippen LogP contribution is -2.56. The Morgan fingerprint density at radius 2 is 1.89 bits per heavy atom. The van der Waals surface area contributed by atoms with Crippen molar-refractivity contribution in [2.24, 2.45) is 0 Å². The van der Waals surface area contributed by atoms with Crippen LogP contribution in [0.5, 0.6) is 0 Å². The zero-order valence-corrected chi connectivity index (χ0v) is 21.5. The second-order valence-electron chi connectivity index (χ2n) is 9.10. The minimum Gasteiger partial charge on any atom is -0.310 e. The van der Waals surface area contributed by atoms with Crippen molar-refractivity contribution >= 4 is 33.0 Å². The highest BCUT2D eigenvalue weighted by Gasteiger charge is 2.33. The first-order chi connectivity index (χ1) is 17.2. The highest BCUT2D eigenvalue weighted by atomic mass is 35.5. The fraction of sp³-hybridized carbons (Fsp3) is 0.296. The molecule has 7 nitrogen and oxygen atoms in total. The summed E-state index contributed by atoms with van der Waals surface area (Å²) in [4.78, 5) is 21.3. The van der Waals surface area contributed by atoms with Gasteiger partial charge in [0.2, 0.25) is 5.91 Å². The summed E-state index contributed by atoms with van der Waals surface area (Å²) in [6, 6.07) is 20.5. The van der Waals surface area contributed by atoms with Crippen LogP contribution in [0.1, 0.15) is 28.8 Å². The molecule has 0 aliphatic carbocycles. The van der Waals surface area contributed by atoms with Gasteiger partial charge in [0.1, 0.15) is 9.84 Å². The van der Waals surface area contributed by atoms with E-state index in [1.54, 1.807) is 41.4 Å². The van der Waals surface area contributed by atoms with Crippen LogP contribution in [0.4, 0.5) is 5.69 Å². The minimum atomic E-state index is -3.15. The Hall–Kier alpha value is -3.25. The highest BCUT2D eigenvalue weighted by Crippen LogP contribution is 2.26. The average molecular weight is 523 g/mol. The van der Waals surface area contributed by atoms with Gasteiger partial charge in [0.15, 0.2) is 0 Å². The lowest BCUT2D eigenvalue weighted by atomic mass is 10.0. The Morgan fingerprint density at radius 3 is 2.58 bits per heavy atom. The molecule has 1 aliphatic rings. The molecule has 1 amide bonds. The van der Waals surface area contributed by atoms with Gasteiger partial charge >= 0.3 is 0 Å². The van der Waals surface area contributed by atoms with Gasteiger partial charge in [-0.1, -0.05) is 29.8 Å². The molecule has 4 rings (SSSR count). The topological polar surface area (TPSA) is 94.4 Å². The number of hydrogen-bond donors (Lipinski definition) is 0. The largest absolute Gasteiger partial charge is 0.310 e. The van der Waals surface area contributed by atoms with Crippen LogP contribution < -0.4 is 4.90 Å². The normalized spacial score (nSPS) is 16.6. The van der Waals surface area contributed by atoms with Gasteiger partial charge in [-0.3, -0.25) is 14.7 Å². The van der Waals surface area contributed by atoms with Gasteiger partial charge in [0, 0.05) is 54.4 Å². The Kier molecular flexibility index (Phi) is 8.04. The smallest absolute Gasteiger partial charge is 0.241 e. The number of carbonyl (C=O) groups excluding carboxylic acids is 1. The summed E-state index contributed by atoms with van der Waals surface area (Å²) in [5, 5.41) is 9.54. The van der Waals surface area contributed by atoms with E-state index in [4.69, 9.17) is 16.9 Å². The molecule has 0 bridgehead atoms. The van der Waals surface area contributed by atoms with Crippen molar-refractivity contribution in [3.05, 3.63) is 94.3 Å². The Bertz CT molecular complexity index is 1390. The van der Waals surface area contributed by atoms with Crippen LogP contribution in [0, 0.1) is 11.3 Å². The SMILES string of the molecule is CS(=O)(=O)CCC1CN(c2cccc(Cl)c2)C(=O)CN1Cc1ccnc(Cc2ccc(C#N)cc2)c1. The number of anilines is 1. The predicted molar refractivity (Wildman–Crippen MR) is 141 cm³/mol. The summed E-state index contributed by atoms with van der Waals surface area (Å²) in [5.41, 5.74) is 4.26. The molecule has 1 atom stereocenters. The number of sulfone groups is 1. The second-order valence-corrected chi connectivity index (χ2v) is 11.8. The summed E-state index contributed by atoms with van der Waals surface area (Å²) >= 11 is 6.15. The van der Waals surface area contributed by atoms with Gasteiger partial charge in [-0.15, -0.1) is 0 Å². The second kappa shape index (κ2) is 11.2. The molecule has 1 aromatic heterocycles. The third kappa shape index (κ3) is 6.91. The van der Waals surface area contributed by atoms with Crippen LogP contribution in [0.25, 0.3) is 0 Å². The monoisotopic (exact) mass is 522 g/mol. The van der Waals surface area contributed by atoms with Gasteiger partial charge in [-0.2, -0.15) is 5.26 Å². The van der Waals surface area contributed by atoms with Crippen molar-refractivity contribution in [3.8, 4) is 6.07 Å². The molecule has 186 valence electrons. The number of aromatic nitrogens is 1. The molecule has 0 spiro atoms. The van der Waals surface area contributed by atoms with E-state index in [1.165, 1.54) is 6.26 Å². The van der Waals surface area contributed by atoms with E-state index in [1.807, 2.05) is 30.3 Å². The number of hydrogen-bond acceptors (Lipinski definition) is 6. The molecular weight excluding hydrogens is 496 g/mol. The third-order valence-corrected chi connectivity index (χ3v) is 7.44. The molecule has 1 unspecified atom stereocenters. The lowest BCUT2D eigenvalue weighted by Gasteiger charge is -2.41. The summed E-state index contributed by atoms with van der Waals surface area (Å²) in [6.45, 7) is 1.07. The first kappa shape index (κ1) is 25.8. The van der Waals surface area contributed by atoms with Crippen molar-refractivity contribution in [1.29, 1.82) is 5.26 Å². The number of rotatable bonds is 8. The molecule has 0 N–H and O–H groups in total. The minimum absolute atomic E-state index is 0.0476.